The number of alkyl halides is 3. The molecule has 34 heavy (non-hydrogen) atoms. The zero-order chi connectivity index (χ0) is 25.0. The second-order valence-corrected chi connectivity index (χ2v) is 10.5. The van der Waals surface area contributed by atoms with Crippen LogP contribution in [0.1, 0.15) is 12.5 Å². The van der Waals surface area contributed by atoms with E-state index < -0.39 is 27.3 Å². The third kappa shape index (κ3) is 4.28. The Kier molecular flexibility index (Phi) is 6.17. The van der Waals surface area contributed by atoms with E-state index in [0.29, 0.717) is 26.4 Å². The first-order chi connectivity index (χ1) is 15.8. The maximum absolute atomic E-state index is 13.1. The lowest BCUT2D eigenvalue weighted by atomic mass is 10.1. The fourth-order valence-electron chi connectivity index (χ4n) is 3.14. The van der Waals surface area contributed by atoms with Crippen molar-refractivity contribution in [3.05, 3.63) is 73.8 Å². The standard InChI is InChI=1S/C20H12Cl3F3N4O3S/c1-2-34(32,33)15-7-11(10-5-13(21)17(23)14(22)6-10)8-27-18(15)30-19(31)29-9-12(20(24,25)26)3-4-16(29)28-30/h3-9H,2H2,1H3. The lowest BCUT2D eigenvalue weighted by Crippen LogP contribution is -2.23. The number of hydrogen-bond acceptors (Lipinski definition) is 5. The van der Waals surface area contributed by atoms with Gasteiger partial charge in [-0.3, -0.25) is 0 Å². The van der Waals surface area contributed by atoms with Gasteiger partial charge in [0.1, 0.15) is 4.90 Å². The lowest BCUT2D eigenvalue weighted by molar-refractivity contribution is -0.137. The van der Waals surface area contributed by atoms with E-state index in [1.807, 2.05) is 0 Å². The van der Waals surface area contributed by atoms with E-state index in [-0.39, 0.29) is 37.2 Å². The van der Waals surface area contributed by atoms with E-state index in [1.54, 1.807) is 0 Å². The van der Waals surface area contributed by atoms with Crippen LogP contribution in [0.5, 0.6) is 0 Å². The van der Waals surface area contributed by atoms with Crippen LogP contribution in [0.3, 0.4) is 0 Å². The Balaban J connectivity index is 1.96. The monoisotopic (exact) mass is 550 g/mol. The fourth-order valence-corrected chi connectivity index (χ4v) is 4.77. The Morgan fingerprint density at radius 2 is 1.68 bits per heavy atom. The van der Waals surface area contributed by atoms with Crippen LogP contribution < -0.4 is 5.69 Å². The third-order valence-electron chi connectivity index (χ3n) is 4.91. The average Bonchev–Trinajstić information content (AvgIpc) is 3.12. The van der Waals surface area contributed by atoms with Crippen molar-refractivity contribution in [3.8, 4) is 16.9 Å². The highest BCUT2D eigenvalue weighted by molar-refractivity contribution is 7.91. The molecule has 178 valence electrons. The molecule has 0 unspecified atom stereocenters. The van der Waals surface area contributed by atoms with Crippen LogP contribution in [0.2, 0.25) is 15.1 Å². The summed E-state index contributed by atoms with van der Waals surface area (Å²) in [5.74, 6) is -0.702. The van der Waals surface area contributed by atoms with Gasteiger partial charge in [0, 0.05) is 18.0 Å². The second kappa shape index (κ2) is 8.56. The van der Waals surface area contributed by atoms with Crippen LogP contribution in [0.4, 0.5) is 13.2 Å². The third-order valence-corrected chi connectivity index (χ3v) is 7.84. The summed E-state index contributed by atoms with van der Waals surface area (Å²) in [6, 6.07) is 5.95. The number of fused-ring (bicyclic) bond motifs is 1. The SMILES string of the molecule is CCS(=O)(=O)c1cc(-c2cc(Cl)c(Cl)c(Cl)c2)cnc1-n1nc2ccc(C(F)(F)F)cn2c1=O. The first-order valence-corrected chi connectivity index (χ1v) is 12.2. The summed E-state index contributed by atoms with van der Waals surface area (Å²) in [7, 11) is -3.97. The number of hydrogen-bond donors (Lipinski definition) is 0. The molecule has 1 aromatic carbocycles. The van der Waals surface area contributed by atoms with E-state index in [4.69, 9.17) is 34.8 Å². The van der Waals surface area contributed by atoms with Crippen LogP contribution in [-0.4, -0.2) is 33.3 Å². The van der Waals surface area contributed by atoms with E-state index in [2.05, 4.69) is 10.1 Å². The highest BCUT2D eigenvalue weighted by Gasteiger charge is 2.31. The summed E-state index contributed by atoms with van der Waals surface area (Å²) in [6.45, 7) is 1.39. The minimum atomic E-state index is -4.69. The number of halogens is 6. The van der Waals surface area contributed by atoms with Gasteiger partial charge in [0.15, 0.2) is 21.3 Å². The number of pyridine rings is 2. The Morgan fingerprint density at radius 1 is 1.03 bits per heavy atom. The Labute approximate surface area is 205 Å². The summed E-state index contributed by atoms with van der Waals surface area (Å²) in [5, 5.41) is 4.35. The highest BCUT2D eigenvalue weighted by atomic mass is 35.5. The molecule has 0 amide bonds. The minimum absolute atomic E-state index is 0.118. The molecule has 0 atom stereocenters. The number of nitrogens with zero attached hydrogens (tertiary/aromatic N) is 4. The molecule has 0 bridgehead atoms. The molecule has 7 nitrogen and oxygen atoms in total. The van der Waals surface area contributed by atoms with Gasteiger partial charge in [-0.1, -0.05) is 41.7 Å². The van der Waals surface area contributed by atoms with Crippen LogP contribution in [0, 0.1) is 0 Å². The van der Waals surface area contributed by atoms with E-state index >= 15 is 0 Å². The molecule has 0 aliphatic carbocycles. The lowest BCUT2D eigenvalue weighted by Gasteiger charge is -2.11. The first-order valence-electron chi connectivity index (χ1n) is 9.40. The Morgan fingerprint density at radius 3 is 2.26 bits per heavy atom. The molecule has 0 radical (unpaired) electrons. The molecule has 0 saturated carbocycles. The van der Waals surface area contributed by atoms with Gasteiger partial charge < -0.3 is 0 Å². The summed E-state index contributed by atoms with van der Waals surface area (Å²) < 4.78 is 66.3. The molecule has 0 aliphatic heterocycles. The largest absolute Gasteiger partial charge is 0.417 e. The summed E-state index contributed by atoms with van der Waals surface area (Å²) in [4.78, 5) is 16.6. The molecule has 0 spiro atoms. The smallest absolute Gasteiger partial charge is 0.249 e. The van der Waals surface area contributed by atoms with Gasteiger partial charge in [0.2, 0.25) is 0 Å². The van der Waals surface area contributed by atoms with E-state index in [9.17, 15) is 26.4 Å². The molecule has 0 N–H and O–H groups in total. The van der Waals surface area contributed by atoms with E-state index in [1.165, 1.54) is 31.3 Å². The minimum Gasteiger partial charge on any atom is -0.249 e. The molecule has 0 saturated heterocycles. The Bertz CT molecular complexity index is 1590. The summed E-state index contributed by atoms with van der Waals surface area (Å²) in [5.41, 5.74) is -1.51. The van der Waals surface area contributed by atoms with Crippen molar-refractivity contribution in [3.63, 3.8) is 0 Å². The maximum Gasteiger partial charge on any atom is 0.417 e. The molecule has 14 heteroatoms. The summed E-state index contributed by atoms with van der Waals surface area (Å²) in [6.07, 6.45) is -2.84. The van der Waals surface area contributed by atoms with Gasteiger partial charge in [-0.15, -0.1) is 5.10 Å². The van der Waals surface area contributed by atoms with Crippen molar-refractivity contribution >= 4 is 50.3 Å². The zero-order valence-electron chi connectivity index (χ0n) is 16.9. The molecule has 0 fully saturated rings. The molecule has 3 heterocycles. The molecule has 0 aliphatic rings. The van der Waals surface area contributed by atoms with Gasteiger partial charge in [-0.05, 0) is 35.9 Å². The quantitative estimate of drug-likeness (QED) is 0.321. The molecule has 3 aromatic heterocycles. The van der Waals surface area contributed by atoms with Crippen LogP contribution in [0.25, 0.3) is 22.6 Å². The maximum atomic E-state index is 13.1. The van der Waals surface area contributed by atoms with Gasteiger partial charge in [0.05, 0.1) is 26.4 Å². The topological polar surface area (TPSA) is 86.3 Å². The molecular weight excluding hydrogens is 540 g/mol. The predicted molar refractivity (Wildman–Crippen MR) is 122 cm³/mol. The van der Waals surface area contributed by atoms with Crippen molar-refractivity contribution in [2.45, 2.75) is 18.0 Å². The van der Waals surface area contributed by atoms with Gasteiger partial charge in [-0.25, -0.2) is 22.6 Å². The average molecular weight is 552 g/mol. The first kappa shape index (κ1) is 24.5. The van der Waals surface area contributed by atoms with Crippen molar-refractivity contribution < 1.29 is 21.6 Å². The van der Waals surface area contributed by atoms with Crippen LogP contribution >= 0.6 is 34.8 Å². The summed E-state index contributed by atoms with van der Waals surface area (Å²) >= 11 is 18.1. The van der Waals surface area contributed by atoms with E-state index in [0.717, 1.165) is 12.1 Å². The van der Waals surface area contributed by atoms with Crippen molar-refractivity contribution in [2.24, 2.45) is 0 Å². The second-order valence-electron chi connectivity index (χ2n) is 7.04. The Hall–Kier alpha value is -2.60. The van der Waals surface area contributed by atoms with Gasteiger partial charge in [0.25, 0.3) is 0 Å². The zero-order valence-corrected chi connectivity index (χ0v) is 20.0. The van der Waals surface area contributed by atoms with Crippen molar-refractivity contribution in [1.82, 2.24) is 19.2 Å². The van der Waals surface area contributed by atoms with Crippen molar-refractivity contribution in [2.75, 3.05) is 5.75 Å². The van der Waals surface area contributed by atoms with Crippen LogP contribution in [0.15, 0.2) is 52.4 Å². The normalized spacial score (nSPS) is 12.4. The number of aromatic nitrogens is 4. The highest BCUT2D eigenvalue weighted by Crippen LogP contribution is 2.36. The molecule has 4 rings (SSSR count). The molecular formula is C20H12Cl3F3N4O3S. The van der Waals surface area contributed by atoms with Gasteiger partial charge in [-0.2, -0.15) is 17.9 Å². The van der Waals surface area contributed by atoms with Crippen LogP contribution in [-0.2, 0) is 16.0 Å². The van der Waals surface area contributed by atoms with Gasteiger partial charge >= 0.3 is 11.9 Å². The molecule has 4 aromatic rings. The van der Waals surface area contributed by atoms with Crippen molar-refractivity contribution in [1.29, 1.82) is 0 Å². The number of rotatable bonds is 4. The number of benzene rings is 1. The predicted octanol–water partition coefficient (Wildman–Crippen LogP) is 5.32. The number of sulfone groups is 1. The fraction of sp³-hybridized carbons (Fsp3) is 0.150.